The molecule has 92 valence electrons. The number of rotatable bonds is 1. The Morgan fingerprint density at radius 1 is 1.47 bits per heavy atom. The van der Waals surface area contributed by atoms with Crippen LogP contribution in [0.5, 0.6) is 0 Å². The van der Waals surface area contributed by atoms with E-state index in [-0.39, 0.29) is 6.03 Å². The molecule has 2 heterocycles. The zero-order valence-electron chi connectivity index (χ0n) is 10.4. The lowest BCUT2D eigenvalue weighted by molar-refractivity contribution is 0.170. The highest BCUT2D eigenvalue weighted by Crippen LogP contribution is 2.17. The van der Waals surface area contributed by atoms with Gasteiger partial charge in [0.25, 0.3) is 0 Å². The fourth-order valence-electron chi connectivity index (χ4n) is 2.12. The summed E-state index contributed by atoms with van der Waals surface area (Å²) < 4.78 is 0. The number of nitrogens with one attached hydrogen (secondary N) is 1. The van der Waals surface area contributed by atoms with Gasteiger partial charge in [-0.1, -0.05) is 6.07 Å². The Balaban J connectivity index is 1.98. The number of nitrogens with zero attached hydrogens (tertiary/aromatic N) is 2. The number of aryl methyl sites for hydroxylation is 1. The van der Waals surface area contributed by atoms with Gasteiger partial charge in [-0.05, 0) is 44.7 Å². The number of carbonyl (C=O) groups is 1. The third kappa shape index (κ3) is 2.96. The van der Waals surface area contributed by atoms with Crippen molar-refractivity contribution in [3.8, 4) is 0 Å². The van der Waals surface area contributed by atoms with E-state index < -0.39 is 0 Å². The fraction of sp³-hybridized carbons (Fsp3) is 0.538. The summed E-state index contributed by atoms with van der Waals surface area (Å²) in [5.41, 5.74) is 1.09. The molecular formula is C13H19N3O. The van der Waals surface area contributed by atoms with E-state index in [1.165, 1.54) is 6.42 Å². The zero-order chi connectivity index (χ0) is 12.3. The standard InChI is InChI=1S/C13H19N3O/c1-10-6-7-12(14-9-10)15-13(17)16-8-4-3-5-11(16)2/h6-7,9,11H,3-5,8H2,1-2H3,(H,14,15,17). The summed E-state index contributed by atoms with van der Waals surface area (Å²) in [6.45, 7) is 4.92. The molecule has 0 radical (unpaired) electrons. The van der Waals surface area contributed by atoms with Crippen molar-refractivity contribution in [3.05, 3.63) is 23.9 Å². The minimum absolute atomic E-state index is 0.0337. The SMILES string of the molecule is Cc1ccc(NC(=O)N2CCCCC2C)nc1. The van der Waals surface area contributed by atoms with Gasteiger partial charge in [0.15, 0.2) is 0 Å². The molecule has 0 saturated carbocycles. The molecule has 0 spiro atoms. The Bertz CT molecular complexity index is 388. The van der Waals surface area contributed by atoms with Gasteiger partial charge in [-0.3, -0.25) is 5.32 Å². The van der Waals surface area contributed by atoms with E-state index in [9.17, 15) is 4.79 Å². The number of carbonyl (C=O) groups excluding carboxylic acids is 1. The molecule has 1 aromatic heterocycles. The maximum Gasteiger partial charge on any atom is 0.323 e. The molecule has 17 heavy (non-hydrogen) atoms. The number of anilines is 1. The van der Waals surface area contributed by atoms with Crippen molar-refractivity contribution in [2.75, 3.05) is 11.9 Å². The summed E-state index contributed by atoms with van der Waals surface area (Å²) in [6.07, 6.45) is 5.16. The highest BCUT2D eigenvalue weighted by atomic mass is 16.2. The topological polar surface area (TPSA) is 45.2 Å². The largest absolute Gasteiger partial charge is 0.323 e. The van der Waals surface area contributed by atoms with Crippen LogP contribution in [-0.4, -0.2) is 28.5 Å². The molecule has 1 saturated heterocycles. The van der Waals surface area contributed by atoms with Crippen LogP contribution in [0.4, 0.5) is 10.6 Å². The third-order valence-corrected chi connectivity index (χ3v) is 3.21. The van der Waals surface area contributed by atoms with Gasteiger partial charge in [0.2, 0.25) is 0 Å². The van der Waals surface area contributed by atoms with Crippen molar-refractivity contribution in [1.82, 2.24) is 9.88 Å². The Kier molecular flexibility index (Phi) is 3.61. The minimum Gasteiger partial charge on any atom is -0.322 e. The first-order valence-electron chi connectivity index (χ1n) is 6.17. The summed E-state index contributed by atoms with van der Waals surface area (Å²) in [5, 5.41) is 2.85. The van der Waals surface area contributed by atoms with Crippen LogP contribution < -0.4 is 5.32 Å². The Morgan fingerprint density at radius 3 is 2.94 bits per heavy atom. The molecular weight excluding hydrogens is 214 g/mol. The van der Waals surface area contributed by atoms with Crippen LogP contribution in [-0.2, 0) is 0 Å². The first-order chi connectivity index (χ1) is 8.16. The summed E-state index contributed by atoms with van der Waals surface area (Å²) in [7, 11) is 0. The highest BCUT2D eigenvalue weighted by Gasteiger charge is 2.23. The Hall–Kier alpha value is -1.58. The number of amides is 2. The molecule has 1 N–H and O–H groups in total. The van der Waals surface area contributed by atoms with Crippen LogP contribution in [0.25, 0.3) is 0 Å². The molecule has 0 aliphatic carbocycles. The molecule has 1 aliphatic rings. The third-order valence-electron chi connectivity index (χ3n) is 3.21. The van der Waals surface area contributed by atoms with E-state index in [0.29, 0.717) is 11.9 Å². The van der Waals surface area contributed by atoms with Gasteiger partial charge in [-0.2, -0.15) is 0 Å². The van der Waals surface area contributed by atoms with Crippen molar-refractivity contribution in [2.24, 2.45) is 0 Å². The van der Waals surface area contributed by atoms with Crippen molar-refractivity contribution in [2.45, 2.75) is 39.2 Å². The molecule has 1 unspecified atom stereocenters. The monoisotopic (exact) mass is 233 g/mol. The summed E-state index contributed by atoms with van der Waals surface area (Å²) in [6, 6.07) is 4.08. The van der Waals surface area contributed by atoms with Gasteiger partial charge < -0.3 is 4.90 Å². The summed E-state index contributed by atoms with van der Waals surface area (Å²) in [4.78, 5) is 18.1. The van der Waals surface area contributed by atoms with E-state index in [0.717, 1.165) is 24.9 Å². The average Bonchev–Trinajstić information content (AvgIpc) is 2.32. The number of aromatic nitrogens is 1. The quantitative estimate of drug-likeness (QED) is 0.810. The van der Waals surface area contributed by atoms with Gasteiger partial charge in [-0.15, -0.1) is 0 Å². The second-order valence-corrected chi connectivity index (χ2v) is 4.69. The van der Waals surface area contributed by atoms with Gasteiger partial charge >= 0.3 is 6.03 Å². The van der Waals surface area contributed by atoms with Gasteiger partial charge in [0.05, 0.1) is 0 Å². The smallest absolute Gasteiger partial charge is 0.322 e. The second kappa shape index (κ2) is 5.17. The molecule has 4 nitrogen and oxygen atoms in total. The number of hydrogen-bond donors (Lipinski definition) is 1. The Morgan fingerprint density at radius 2 is 2.29 bits per heavy atom. The van der Waals surface area contributed by atoms with Crippen molar-refractivity contribution in [1.29, 1.82) is 0 Å². The van der Waals surface area contributed by atoms with Crippen LogP contribution in [0, 0.1) is 6.92 Å². The Labute approximate surface area is 102 Å². The molecule has 0 bridgehead atoms. The first kappa shape index (κ1) is 11.9. The minimum atomic E-state index is -0.0337. The number of piperidine rings is 1. The maximum atomic E-state index is 12.0. The lowest BCUT2D eigenvalue weighted by Crippen LogP contribution is -2.44. The lowest BCUT2D eigenvalue weighted by Gasteiger charge is -2.33. The van der Waals surface area contributed by atoms with E-state index in [4.69, 9.17) is 0 Å². The number of urea groups is 1. The first-order valence-corrected chi connectivity index (χ1v) is 6.17. The van der Waals surface area contributed by atoms with E-state index in [2.05, 4.69) is 17.2 Å². The van der Waals surface area contributed by atoms with Crippen LogP contribution in [0.2, 0.25) is 0 Å². The van der Waals surface area contributed by atoms with Gasteiger partial charge in [0.1, 0.15) is 5.82 Å². The normalized spacial score (nSPS) is 20.1. The number of pyridine rings is 1. The fourth-order valence-corrected chi connectivity index (χ4v) is 2.12. The maximum absolute atomic E-state index is 12.0. The summed E-state index contributed by atoms with van der Waals surface area (Å²) >= 11 is 0. The van der Waals surface area contributed by atoms with Gasteiger partial charge in [-0.25, -0.2) is 9.78 Å². The lowest BCUT2D eigenvalue weighted by atomic mass is 10.0. The number of likely N-dealkylation sites (tertiary alicyclic amines) is 1. The van der Waals surface area contributed by atoms with Crippen LogP contribution >= 0.6 is 0 Å². The molecule has 2 amide bonds. The van der Waals surface area contributed by atoms with Crippen molar-refractivity contribution < 1.29 is 4.79 Å². The van der Waals surface area contributed by atoms with Crippen LogP contribution in [0.3, 0.4) is 0 Å². The predicted octanol–water partition coefficient (Wildman–Crippen LogP) is 2.80. The predicted molar refractivity (Wildman–Crippen MR) is 68.0 cm³/mol. The molecule has 0 aromatic carbocycles. The second-order valence-electron chi connectivity index (χ2n) is 4.69. The molecule has 4 heteroatoms. The summed E-state index contributed by atoms with van der Waals surface area (Å²) in [5.74, 6) is 0.623. The molecule has 1 aliphatic heterocycles. The highest BCUT2D eigenvalue weighted by molar-refractivity contribution is 5.88. The average molecular weight is 233 g/mol. The van der Waals surface area contributed by atoms with Crippen LogP contribution in [0.15, 0.2) is 18.3 Å². The van der Waals surface area contributed by atoms with E-state index in [1.54, 1.807) is 6.20 Å². The van der Waals surface area contributed by atoms with E-state index in [1.807, 2.05) is 24.0 Å². The molecule has 1 atom stereocenters. The molecule has 1 aromatic rings. The molecule has 1 fully saturated rings. The van der Waals surface area contributed by atoms with Crippen molar-refractivity contribution in [3.63, 3.8) is 0 Å². The van der Waals surface area contributed by atoms with Crippen molar-refractivity contribution >= 4 is 11.8 Å². The van der Waals surface area contributed by atoms with Crippen LogP contribution in [0.1, 0.15) is 31.7 Å². The molecule has 2 rings (SSSR count). The number of hydrogen-bond acceptors (Lipinski definition) is 2. The van der Waals surface area contributed by atoms with Gasteiger partial charge in [0, 0.05) is 18.8 Å². The van der Waals surface area contributed by atoms with E-state index >= 15 is 0 Å². The zero-order valence-corrected chi connectivity index (χ0v) is 10.4.